The number of ether oxygens (including phenoxy) is 1. The zero-order chi connectivity index (χ0) is 23.2. The van der Waals surface area contributed by atoms with Gasteiger partial charge in [-0.2, -0.15) is 0 Å². The van der Waals surface area contributed by atoms with Gasteiger partial charge in [0.1, 0.15) is 11.5 Å². The fourth-order valence-corrected chi connectivity index (χ4v) is 4.33. The number of benzene rings is 2. The molecule has 0 bridgehead atoms. The summed E-state index contributed by atoms with van der Waals surface area (Å²) in [6.07, 6.45) is -2.50. The van der Waals surface area contributed by atoms with Gasteiger partial charge < -0.3 is 19.7 Å². The summed E-state index contributed by atoms with van der Waals surface area (Å²) in [6, 6.07) is 8.78. The van der Waals surface area contributed by atoms with Gasteiger partial charge in [-0.3, -0.25) is 9.36 Å². The molecule has 32 heavy (non-hydrogen) atoms. The lowest BCUT2D eigenvalue weighted by molar-refractivity contribution is -0.310. The number of aromatic hydroxyl groups is 1. The minimum absolute atomic E-state index is 0.0808. The van der Waals surface area contributed by atoms with Crippen LogP contribution in [0.4, 0.5) is 13.2 Å². The average molecular weight is 446 g/mol. The molecule has 0 radical (unpaired) electrons. The van der Waals surface area contributed by atoms with E-state index in [2.05, 4.69) is 4.74 Å². The number of fused-ring (bicyclic) bond motifs is 1. The molecule has 1 N–H and O–H groups in total. The fourth-order valence-electron chi connectivity index (χ4n) is 4.33. The Labute approximate surface area is 180 Å². The maximum atomic E-state index is 13.3. The van der Waals surface area contributed by atoms with Crippen molar-refractivity contribution in [1.82, 2.24) is 4.57 Å². The van der Waals surface area contributed by atoms with Gasteiger partial charge in [0, 0.05) is 28.5 Å². The van der Waals surface area contributed by atoms with E-state index in [-0.39, 0.29) is 17.2 Å². The third-order valence-corrected chi connectivity index (χ3v) is 5.96. The SMILES string of the molecule is Cc1c(C(C(=O)[O-])C2CCC2)c2cc(O)ccc2n1C(=O)c1ccc(OC(F)(F)F)cc1. The smallest absolute Gasteiger partial charge is 0.549 e. The van der Waals surface area contributed by atoms with Crippen molar-refractivity contribution in [3.8, 4) is 11.5 Å². The molecule has 1 saturated carbocycles. The first-order chi connectivity index (χ1) is 15.1. The van der Waals surface area contributed by atoms with Crippen LogP contribution in [-0.4, -0.2) is 27.9 Å². The Morgan fingerprint density at radius 3 is 2.34 bits per heavy atom. The number of carbonyl (C=O) groups excluding carboxylic acids is 2. The van der Waals surface area contributed by atoms with Gasteiger partial charge in [0.2, 0.25) is 0 Å². The van der Waals surface area contributed by atoms with Crippen LogP contribution >= 0.6 is 0 Å². The van der Waals surface area contributed by atoms with Crippen LogP contribution in [0.25, 0.3) is 10.9 Å². The van der Waals surface area contributed by atoms with E-state index in [4.69, 9.17) is 0 Å². The van der Waals surface area contributed by atoms with Gasteiger partial charge in [0.15, 0.2) is 0 Å². The average Bonchev–Trinajstić information content (AvgIpc) is 2.94. The number of nitrogens with zero attached hydrogens (tertiary/aromatic N) is 1. The van der Waals surface area contributed by atoms with Crippen molar-refractivity contribution in [3.63, 3.8) is 0 Å². The molecule has 1 aliphatic rings. The van der Waals surface area contributed by atoms with Gasteiger partial charge in [0.05, 0.1) is 5.52 Å². The summed E-state index contributed by atoms with van der Waals surface area (Å²) in [4.78, 5) is 25.3. The molecular formula is C23H19F3NO5-. The number of carbonyl (C=O) groups is 2. The molecule has 1 aliphatic carbocycles. The zero-order valence-electron chi connectivity index (χ0n) is 17.0. The molecule has 1 heterocycles. The number of aromatic nitrogens is 1. The molecule has 0 saturated heterocycles. The lowest BCUT2D eigenvalue weighted by Gasteiger charge is -2.35. The molecule has 3 aromatic rings. The molecule has 9 heteroatoms. The second kappa shape index (κ2) is 7.89. The summed E-state index contributed by atoms with van der Waals surface area (Å²) in [5.74, 6) is -3.41. The van der Waals surface area contributed by atoms with Gasteiger partial charge in [-0.15, -0.1) is 13.2 Å². The zero-order valence-corrected chi connectivity index (χ0v) is 17.0. The number of phenolic OH excluding ortho intramolecular Hbond substituents is 1. The highest BCUT2D eigenvalue weighted by Gasteiger charge is 2.34. The number of halogens is 3. The first-order valence-corrected chi connectivity index (χ1v) is 10.0. The highest BCUT2D eigenvalue weighted by atomic mass is 19.4. The molecule has 1 atom stereocenters. The maximum Gasteiger partial charge on any atom is 0.573 e. The van der Waals surface area contributed by atoms with Gasteiger partial charge in [-0.25, -0.2) is 0 Å². The highest BCUT2D eigenvalue weighted by molar-refractivity contribution is 6.05. The predicted octanol–water partition coefficient (Wildman–Crippen LogP) is 3.88. The van der Waals surface area contributed by atoms with E-state index >= 15 is 0 Å². The molecule has 0 spiro atoms. The molecule has 1 unspecified atom stereocenters. The normalized spacial score (nSPS) is 15.4. The van der Waals surface area contributed by atoms with Crippen LogP contribution in [-0.2, 0) is 4.79 Å². The molecule has 6 nitrogen and oxygen atoms in total. The molecular weight excluding hydrogens is 427 g/mol. The third-order valence-electron chi connectivity index (χ3n) is 5.96. The van der Waals surface area contributed by atoms with E-state index in [1.165, 1.54) is 34.9 Å². The lowest BCUT2D eigenvalue weighted by atomic mass is 9.72. The minimum Gasteiger partial charge on any atom is -0.549 e. The number of alkyl halides is 3. The second-order valence-electron chi connectivity index (χ2n) is 7.90. The van der Waals surface area contributed by atoms with E-state index in [0.29, 0.717) is 22.2 Å². The Bertz CT molecular complexity index is 1190. The Morgan fingerprint density at radius 2 is 1.81 bits per heavy atom. The summed E-state index contributed by atoms with van der Waals surface area (Å²) in [5.41, 5.74) is 1.27. The van der Waals surface area contributed by atoms with Gasteiger partial charge in [-0.05, 0) is 73.7 Å². The summed E-state index contributed by atoms with van der Waals surface area (Å²) in [5, 5.41) is 22.5. The first-order valence-electron chi connectivity index (χ1n) is 10.0. The van der Waals surface area contributed by atoms with Crippen molar-refractivity contribution in [1.29, 1.82) is 0 Å². The molecule has 1 aromatic heterocycles. The van der Waals surface area contributed by atoms with Crippen molar-refractivity contribution in [2.24, 2.45) is 5.92 Å². The van der Waals surface area contributed by atoms with Crippen LogP contribution in [0.3, 0.4) is 0 Å². The molecule has 1 fully saturated rings. The number of hydrogen-bond donors (Lipinski definition) is 1. The minimum atomic E-state index is -4.85. The predicted molar refractivity (Wildman–Crippen MR) is 106 cm³/mol. The third kappa shape index (κ3) is 3.90. The number of hydrogen-bond acceptors (Lipinski definition) is 5. The van der Waals surface area contributed by atoms with Gasteiger partial charge in [-0.1, -0.05) is 6.42 Å². The number of rotatable bonds is 5. The maximum absolute atomic E-state index is 13.3. The Morgan fingerprint density at radius 1 is 1.16 bits per heavy atom. The Balaban J connectivity index is 1.82. The number of carboxylic acids is 1. The second-order valence-corrected chi connectivity index (χ2v) is 7.90. The van der Waals surface area contributed by atoms with Crippen molar-refractivity contribution >= 4 is 22.8 Å². The van der Waals surface area contributed by atoms with Crippen molar-refractivity contribution < 1.29 is 37.7 Å². The van der Waals surface area contributed by atoms with Crippen LogP contribution in [0.5, 0.6) is 11.5 Å². The van der Waals surface area contributed by atoms with Crippen LogP contribution in [0, 0.1) is 12.8 Å². The van der Waals surface area contributed by atoms with Crippen molar-refractivity contribution in [2.45, 2.75) is 38.5 Å². The van der Waals surface area contributed by atoms with E-state index in [9.17, 15) is 33.0 Å². The monoisotopic (exact) mass is 446 g/mol. The van der Waals surface area contributed by atoms with E-state index in [1.54, 1.807) is 6.92 Å². The lowest BCUT2D eigenvalue weighted by Crippen LogP contribution is -2.37. The Kier molecular flexibility index (Phi) is 5.36. The quantitative estimate of drug-likeness (QED) is 0.642. The molecule has 0 aliphatic heterocycles. The first kappa shape index (κ1) is 21.7. The van der Waals surface area contributed by atoms with Crippen LogP contribution in [0.1, 0.15) is 46.8 Å². The largest absolute Gasteiger partial charge is 0.573 e. The van der Waals surface area contributed by atoms with Crippen molar-refractivity contribution in [2.75, 3.05) is 0 Å². The fraction of sp³-hybridized carbons (Fsp3) is 0.304. The summed E-state index contributed by atoms with van der Waals surface area (Å²) >= 11 is 0. The summed E-state index contributed by atoms with van der Waals surface area (Å²) in [6.45, 7) is 1.61. The van der Waals surface area contributed by atoms with Crippen molar-refractivity contribution in [3.05, 3.63) is 59.3 Å². The molecule has 2 aromatic carbocycles. The van der Waals surface area contributed by atoms with Gasteiger partial charge >= 0.3 is 6.36 Å². The van der Waals surface area contributed by atoms with Crippen LogP contribution < -0.4 is 9.84 Å². The highest BCUT2D eigenvalue weighted by Crippen LogP contribution is 2.44. The standard InChI is InChI=1S/C23H20F3NO5/c1-12-19(20(22(30)31)13-3-2-4-13)17-11-15(28)7-10-18(17)27(12)21(29)14-5-8-16(9-6-14)32-23(24,25)26/h5-11,13,20,28H,2-4H2,1H3,(H,30,31)/p-1. The Hall–Kier alpha value is -3.49. The van der Waals surface area contributed by atoms with E-state index < -0.39 is 29.9 Å². The van der Waals surface area contributed by atoms with Crippen LogP contribution in [0.2, 0.25) is 0 Å². The van der Waals surface area contributed by atoms with E-state index in [0.717, 1.165) is 31.4 Å². The number of aliphatic carboxylic acids is 1. The number of carboxylic acid groups (broad SMARTS) is 1. The number of phenols is 1. The van der Waals surface area contributed by atoms with Crippen LogP contribution in [0.15, 0.2) is 42.5 Å². The van der Waals surface area contributed by atoms with E-state index in [1.807, 2.05) is 0 Å². The molecule has 168 valence electrons. The summed E-state index contributed by atoms with van der Waals surface area (Å²) in [7, 11) is 0. The topological polar surface area (TPSA) is 91.6 Å². The molecule has 0 amide bonds. The molecule has 4 rings (SSSR count). The van der Waals surface area contributed by atoms with Gasteiger partial charge in [0.25, 0.3) is 5.91 Å². The summed E-state index contributed by atoms with van der Waals surface area (Å²) < 4.78 is 42.4.